The van der Waals surface area contributed by atoms with E-state index in [1.807, 2.05) is 19.9 Å². The molecule has 19 heavy (non-hydrogen) atoms. The lowest BCUT2D eigenvalue weighted by Gasteiger charge is -2.30. The van der Waals surface area contributed by atoms with Gasteiger partial charge >= 0.3 is 0 Å². The van der Waals surface area contributed by atoms with Crippen LogP contribution in [0, 0.1) is 19.8 Å². The molecule has 0 aromatic heterocycles. The predicted molar refractivity (Wildman–Crippen MR) is 77.5 cm³/mol. The van der Waals surface area contributed by atoms with Gasteiger partial charge in [0, 0.05) is 18.8 Å². The van der Waals surface area contributed by atoms with Crippen molar-refractivity contribution in [2.45, 2.75) is 38.5 Å². The van der Waals surface area contributed by atoms with Crippen molar-refractivity contribution in [1.82, 2.24) is 4.31 Å². The van der Waals surface area contributed by atoms with Crippen molar-refractivity contribution in [1.29, 1.82) is 0 Å². The number of nitrogens with zero attached hydrogens (tertiary/aromatic N) is 1. The molecule has 0 spiro atoms. The van der Waals surface area contributed by atoms with Crippen LogP contribution in [0.5, 0.6) is 0 Å². The number of rotatable bonds is 2. The van der Waals surface area contributed by atoms with Crippen LogP contribution in [-0.4, -0.2) is 25.8 Å². The fraction of sp³-hybridized carbons (Fsp3) is 0.571. The number of hydrogen-bond donors (Lipinski definition) is 1. The maximum absolute atomic E-state index is 12.7. The molecule has 0 amide bonds. The molecule has 1 aromatic rings. The third-order valence-corrected chi connectivity index (χ3v) is 6.03. The summed E-state index contributed by atoms with van der Waals surface area (Å²) in [5, 5.41) is 0. The van der Waals surface area contributed by atoms with Crippen molar-refractivity contribution in [3.8, 4) is 0 Å². The highest BCUT2D eigenvalue weighted by Crippen LogP contribution is 2.28. The SMILES string of the molecule is Cc1cc(N)cc(S(=O)(=O)N2CCC(C)CC2)c1C. The van der Waals surface area contributed by atoms with Crippen LogP contribution < -0.4 is 5.73 Å². The quantitative estimate of drug-likeness (QED) is 0.847. The first-order valence-electron chi connectivity index (χ1n) is 6.69. The van der Waals surface area contributed by atoms with E-state index in [2.05, 4.69) is 6.92 Å². The maximum atomic E-state index is 12.7. The summed E-state index contributed by atoms with van der Waals surface area (Å²) in [7, 11) is -3.41. The van der Waals surface area contributed by atoms with Gasteiger partial charge in [0.15, 0.2) is 0 Å². The number of sulfonamides is 1. The Balaban J connectivity index is 2.40. The van der Waals surface area contributed by atoms with Crippen LogP contribution >= 0.6 is 0 Å². The minimum absolute atomic E-state index is 0.361. The molecule has 1 saturated heterocycles. The topological polar surface area (TPSA) is 63.4 Å². The van der Waals surface area contributed by atoms with Crippen LogP contribution in [0.4, 0.5) is 5.69 Å². The van der Waals surface area contributed by atoms with E-state index in [1.165, 1.54) is 0 Å². The molecule has 2 N–H and O–H groups in total. The molecule has 0 atom stereocenters. The standard InChI is InChI=1S/C14H22N2O2S/c1-10-4-6-16(7-5-10)19(17,18)14-9-13(15)8-11(2)12(14)3/h8-10H,4-7,15H2,1-3H3. The van der Waals surface area contributed by atoms with Crippen LogP contribution in [0.25, 0.3) is 0 Å². The van der Waals surface area contributed by atoms with Crippen LogP contribution in [0.2, 0.25) is 0 Å². The fourth-order valence-corrected chi connectivity index (χ4v) is 4.29. The van der Waals surface area contributed by atoms with E-state index in [4.69, 9.17) is 5.73 Å². The normalized spacial score (nSPS) is 18.7. The monoisotopic (exact) mass is 282 g/mol. The zero-order chi connectivity index (χ0) is 14.2. The van der Waals surface area contributed by atoms with E-state index in [0.717, 1.165) is 24.0 Å². The predicted octanol–water partition coefficient (Wildman–Crippen LogP) is 2.31. The lowest BCUT2D eigenvalue weighted by molar-refractivity contribution is 0.288. The molecule has 0 bridgehead atoms. The van der Waals surface area contributed by atoms with E-state index < -0.39 is 10.0 Å². The number of hydrogen-bond acceptors (Lipinski definition) is 3. The van der Waals surface area contributed by atoms with Gasteiger partial charge in [0.05, 0.1) is 4.90 Å². The molecule has 2 rings (SSSR count). The lowest BCUT2D eigenvalue weighted by atomic mass is 10.0. The molecule has 0 aliphatic carbocycles. The van der Waals surface area contributed by atoms with Gasteiger partial charge in [-0.2, -0.15) is 4.31 Å². The number of nitrogens with two attached hydrogens (primary N) is 1. The number of anilines is 1. The molecule has 1 aromatic carbocycles. The Morgan fingerprint density at radius 1 is 1.21 bits per heavy atom. The maximum Gasteiger partial charge on any atom is 0.243 e. The van der Waals surface area contributed by atoms with Gasteiger partial charge in [0.25, 0.3) is 0 Å². The summed E-state index contributed by atoms with van der Waals surface area (Å²) < 4.78 is 27.0. The third-order valence-electron chi connectivity index (χ3n) is 4.00. The van der Waals surface area contributed by atoms with Crippen LogP contribution in [0.3, 0.4) is 0 Å². The highest BCUT2D eigenvalue weighted by atomic mass is 32.2. The summed E-state index contributed by atoms with van der Waals surface area (Å²) in [5.74, 6) is 0.607. The number of nitrogen functional groups attached to an aromatic ring is 1. The lowest BCUT2D eigenvalue weighted by Crippen LogP contribution is -2.38. The van der Waals surface area contributed by atoms with Crippen molar-refractivity contribution in [3.05, 3.63) is 23.3 Å². The number of benzene rings is 1. The Morgan fingerprint density at radius 2 is 1.79 bits per heavy atom. The molecule has 1 fully saturated rings. The third kappa shape index (κ3) is 2.77. The van der Waals surface area contributed by atoms with Gasteiger partial charge in [-0.1, -0.05) is 6.92 Å². The molecule has 1 heterocycles. The van der Waals surface area contributed by atoms with Crippen molar-refractivity contribution < 1.29 is 8.42 Å². The highest BCUT2D eigenvalue weighted by molar-refractivity contribution is 7.89. The van der Waals surface area contributed by atoms with Crippen molar-refractivity contribution in [3.63, 3.8) is 0 Å². The molecular formula is C14H22N2O2S. The summed E-state index contributed by atoms with van der Waals surface area (Å²) in [6.07, 6.45) is 1.86. The molecule has 0 radical (unpaired) electrons. The first-order chi connectivity index (χ1) is 8.82. The second-order valence-corrected chi connectivity index (χ2v) is 7.45. The Hall–Kier alpha value is -1.07. The smallest absolute Gasteiger partial charge is 0.243 e. The molecule has 0 unspecified atom stereocenters. The van der Waals surface area contributed by atoms with Crippen molar-refractivity contribution in [2.24, 2.45) is 5.92 Å². The van der Waals surface area contributed by atoms with E-state index in [9.17, 15) is 8.42 Å². The van der Waals surface area contributed by atoms with Gasteiger partial charge in [0.1, 0.15) is 0 Å². The largest absolute Gasteiger partial charge is 0.399 e. The molecule has 1 aliphatic heterocycles. The van der Waals surface area contributed by atoms with Crippen LogP contribution in [-0.2, 0) is 10.0 Å². The summed E-state index contributed by atoms with van der Waals surface area (Å²) in [5.41, 5.74) is 8.02. The average molecular weight is 282 g/mol. The summed E-state index contributed by atoms with van der Waals surface area (Å²) in [6.45, 7) is 7.12. The Bertz CT molecular complexity index is 573. The molecule has 5 heteroatoms. The zero-order valence-corrected chi connectivity index (χ0v) is 12.6. The average Bonchev–Trinajstić information content (AvgIpc) is 2.34. The fourth-order valence-electron chi connectivity index (χ4n) is 2.49. The van der Waals surface area contributed by atoms with E-state index in [0.29, 0.717) is 29.6 Å². The van der Waals surface area contributed by atoms with Gasteiger partial charge in [-0.3, -0.25) is 0 Å². The Morgan fingerprint density at radius 3 is 2.37 bits per heavy atom. The van der Waals surface area contributed by atoms with Gasteiger partial charge in [0.2, 0.25) is 10.0 Å². The Kier molecular flexibility index (Phi) is 3.87. The highest BCUT2D eigenvalue weighted by Gasteiger charge is 2.29. The summed E-state index contributed by atoms with van der Waals surface area (Å²) in [4.78, 5) is 0.361. The number of piperidine rings is 1. The summed E-state index contributed by atoms with van der Waals surface area (Å²) >= 11 is 0. The second kappa shape index (κ2) is 5.13. The number of aryl methyl sites for hydroxylation is 1. The molecular weight excluding hydrogens is 260 g/mol. The van der Waals surface area contributed by atoms with E-state index in [-0.39, 0.29) is 0 Å². The minimum Gasteiger partial charge on any atom is -0.399 e. The Labute approximate surface area is 115 Å². The molecule has 106 valence electrons. The van der Waals surface area contributed by atoms with Gasteiger partial charge < -0.3 is 5.73 Å². The minimum atomic E-state index is -3.41. The van der Waals surface area contributed by atoms with Crippen molar-refractivity contribution >= 4 is 15.7 Å². The van der Waals surface area contributed by atoms with Crippen molar-refractivity contribution in [2.75, 3.05) is 18.8 Å². The first kappa shape index (κ1) is 14.3. The molecule has 0 saturated carbocycles. The van der Waals surface area contributed by atoms with Gasteiger partial charge in [-0.25, -0.2) is 8.42 Å². The van der Waals surface area contributed by atoms with Gasteiger partial charge in [-0.15, -0.1) is 0 Å². The van der Waals surface area contributed by atoms with Crippen LogP contribution in [0.1, 0.15) is 30.9 Å². The van der Waals surface area contributed by atoms with Gasteiger partial charge in [-0.05, 0) is 55.9 Å². The van der Waals surface area contributed by atoms with Crippen LogP contribution in [0.15, 0.2) is 17.0 Å². The molecule has 1 aliphatic rings. The summed E-state index contributed by atoms with van der Waals surface area (Å²) in [6, 6.07) is 3.39. The second-order valence-electron chi connectivity index (χ2n) is 5.55. The molecule has 4 nitrogen and oxygen atoms in total. The zero-order valence-electron chi connectivity index (χ0n) is 11.8. The van der Waals surface area contributed by atoms with E-state index in [1.54, 1.807) is 10.4 Å². The van der Waals surface area contributed by atoms with E-state index >= 15 is 0 Å². The first-order valence-corrected chi connectivity index (χ1v) is 8.13.